The fourth-order valence-electron chi connectivity index (χ4n) is 1.79. The molecule has 0 saturated carbocycles. The Balaban J connectivity index is 2.41. The van der Waals surface area contributed by atoms with E-state index in [1.54, 1.807) is 0 Å². The summed E-state index contributed by atoms with van der Waals surface area (Å²) in [5.74, 6) is 0.766. The van der Waals surface area contributed by atoms with E-state index in [-0.39, 0.29) is 0 Å². The second kappa shape index (κ2) is 5.06. The van der Waals surface area contributed by atoms with Crippen molar-refractivity contribution in [1.29, 1.82) is 0 Å². The predicted molar refractivity (Wildman–Crippen MR) is 69.5 cm³/mol. The normalized spacial score (nSPS) is 10.5. The highest BCUT2D eigenvalue weighted by Crippen LogP contribution is 2.18. The van der Waals surface area contributed by atoms with Crippen LogP contribution in [0.1, 0.15) is 24.0 Å². The molecule has 0 unspecified atom stereocenters. The molecule has 2 aromatic rings. The van der Waals surface area contributed by atoms with Crippen molar-refractivity contribution in [2.45, 2.75) is 26.8 Å². The third-order valence-electron chi connectivity index (χ3n) is 2.76. The average Bonchev–Trinajstić information content (AvgIpc) is 2.38. The van der Waals surface area contributed by atoms with Crippen molar-refractivity contribution in [3.8, 4) is 11.3 Å². The molecule has 2 rings (SSSR count). The van der Waals surface area contributed by atoms with Crippen molar-refractivity contribution < 1.29 is 0 Å². The van der Waals surface area contributed by atoms with Crippen LogP contribution in [0.5, 0.6) is 0 Å². The summed E-state index contributed by atoms with van der Waals surface area (Å²) in [6.45, 7) is 4.49. The Bertz CT molecular complexity index is 503. The maximum atomic E-state index is 5.62. The summed E-state index contributed by atoms with van der Waals surface area (Å²) in [5, 5.41) is 0. The molecule has 0 spiro atoms. The van der Waals surface area contributed by atoms with Crippen LogP contribution in [0.4, 0.5) is 0 Å². The van der Waals surface area contributed by atoms with Gasteiger partial charge in [0.15, 0.2) is 0 Å². The number of aryl methyl sites for hydroxylation is 2. The van der Waals surface area contributed by atoms with Gasteiger partial charge in [0.25, 0.3) is 0 Å². The van der Waals surface area contributed by atoms with Gasteiger partial charge in [-0.2, -0.15) is 0 Å². The van der Waals surface area contributed by atoms with Crippen molar-refractivity contribution in [2.24, 2.45) is 5.73 Å². The zero-order valence-electron chi connectivity index (χ0n) is 10.3. The summed E-state index contributed by atoms with van der Waals surface area (Å²) in [4.78, 5) is 8.72. The van der Waals surface area contributed by atoms with Gasteiger partial charge in [0.2, 0.25) is 0 Å². The van der Waals surface area contributed by atoms with E-state index in [4.69, 9.17) is 5.73 Å². The monoisotopic (exact) mass is 227 g/mol. The molecule has 0 aliphatic carbocycles. The van der Waals surface area contributed by atoms with Gasteiger partial charge in [-0.05, 0) is 25.0 Å². The van der Waals surface area contributed by atoms with Gasteiger partial charge in [0, 0.05) is 12.1 Å². The Morgan fingerprint density at radius 2 is 1.82 bits per heavy atom. The minimum absolute atomic E-state index is 0.448. The van der Waals surface area contributed by atoms with Crippen molar-refractivity contribution in [3.63, 3.8) is 0 Å². The van der Waals surface area contributed by atoms with Crippen molar-refractivity contribution in [2.75, 3.05) is 0 Å². The Hall–Kier alpha value is -1.74. The lowest BCUT2D eigenvalue weighted by molar-refractivity contribution is 0.929. The minimum Gasteiger partial charge on any atom is -0.325 e. The van der Waals surface area contributed by atoms with Crippen LogP contribution in [0.15, 0.2) is 30.3 Å². The van der Waals surface area contributed by atoms with Crippen LogP contribution in [0, 0.1) is 6.92 Å². The lowest BCUT2D eigenvalue weighted by Crippen LogP contribution is -2.03. The second-order valence-corrected chi connectivity index (χ2v) is 4.05. The molecule has 3 heteroatoms. The van der Waals surface area contributed by atoms with Crippen LogP contribution in [0.3, 0.4) is 0 Å². The third kappa shape index (κ3) is 2.68. The molecule has 0 atom stereocenters. The molecule has 1 aromatic heterocycles. The molecule has 0 bridgehead atoms. The molecule has 1 aromatic carbocycles. The van der Waals surface area contributed by atoms with Crippen LogP contribution in [-0.2, 0) is 13.0 Å². The third-order valence-corrected chi connectivity index (χ3v) is 2.76. The van der Waals surface area contributed by atoms with E-state index in [1.807, 2.05) is 13.0 Å². The summed E-state index contributed by atoms with van der Waals surface area (Å²) in [5.41, 5.74) is 9.89. The van der Waals surface area contributed by atoms with Gasteiger partial charge in [-0.1, -0.05) is 31.2 Å². The Morgan fingerprint density at radius 1 is 1.12 bits per heavy atom. The van der Waals surface area contributed by atoms with Crippen molar-refractivity contribution in [1.82, 2.24) is 9.97 Å². The zero-order chi connectivity index (χ0) is 12.3. The number of benzene rings is 1. The standard InChI is InChI=1S/C14H17N3/c1-3-11-4-6-12(7-5-11)14-8-13(9-15)16-10(2)17-14/h4-8H,3,9,15H2,1-2H3. The van der Waals surface area contributed by atoms with E-state index in [2.05, 4.69) is 41.2 Å². The number of nitrogens with zero attached hydrogens (tertiary/aromatic N) is 2. The summed E-state index contributed by atoms with van der Waals surface area (Å²) in [6.07, 6.45) is 1.05. The molecule has 0 aliphatic heterocycles. The summed E-state index contributed by atoms with van der Waals surface area (Å²) >= 11 is 0. The van der Waals surface area contributed by atoms with Gasteiger partial charge in [-0.25, -0.2) is 9.97 Å². The van der Waals surface area contributed by atoms with Gasteiger partial charge in [-0.15, -0.1) is 0 Å². The fraction of sp³-hybridized carbons (Fsp3) is 0.286. The van der Waals surface area contributed by atoms with Crippen LogP contribution >= 0.6 is 0 Å². The molecule has 0 amide bonds. The molecule has 2 N–H and O–H groups in total. The first-order valence-electron chi connectivity index (χ1n) is 5.87. The van der Waals surface area contributed by atoms with E-state index < -0.39 is 0 Å². The fourth-order valence-corrected chi connectivity index (χ4v) is 1.79. The van der Waals surface area contributed by atoms with E-state index in [1.165, 1.54) is 5.56 Å². The summed E-state index contributed by atoms with van der Waals surface area (Å²) in [6, 6.07) is 10.4. The van der Waals surface area contributed by atoms with Crippen molar-refractivity contribution in [3.05, 3.63) is 47.4 Å². The molecular weight excluding hydrogens is 210 g/mol. The highest BCUT2D eigenvalue weighted by atomic mass is 14.9. The topological polar surface area (TPSA) is 51.8 Å². The van der Waals surface area contributed by atoms with Crippen LogP contribution in [0.25, 0.3) is 11.3 Å². The maximum Gasteiger partial charge on any atom is 0.126 e. The summed E-state index contributed by atoms with van der Waals surface area (Å²) < 4.78 is 0. The summed E-state index contributed by atoms with van der Waals surface area (Å²) in [7, 11) is 0. The first kappa shape index (κ1) is 11.7. The van der Waals surface area contributed by atoms with Crippen molar-refractivity contribution >= 4 is 0 Å². The molecule has 0 radical (unpaired) electrons. The number of hydrogen-bond acceptors (Lipinski definition) is 3. The first-order chi connectivity index (χ1) is 8.22. The van der Waals surface area contributed by atoms with Crippen LogP contribution in [-0.4, -0.2) is 9.97 Å². The van der Waals surface area contributed by atoms with Gasteiger partial charge in [-0.3, -0.25) is 0 Å². The van der Waals surface area contributed by atoms with E-state index >= 15 is 0 Å². The number of rotatable bonds is 3. The smallest absolute Gasteiger partial charge is 0.126 e. The van der Waals surface area contributed by atoms with Gasteiger partial charge < -0.3 is 5.73 Å². The maximum absolute atomic E-state index is 5.62. The largest absolute Gasteiger partial charge is 0.325 e. The first-order valence-corrected chi connectivity index (χ1v) is 5.87. The lowest BCUT2D eigenvalue weighted by Gasteiger charge is -2.05. The Kier molecular flexibility index (Phi) is 3.49. The zero-order valence-corrected chi connectivity index (χ0v) is 10.3. The molecule has 88 valence electrons. The Labute approximate surface area is 102 Å². The number of nitrogens with two attached hydrogens (primary N) is 1. The van der Waals surface area contributed by atoms with E-state index in [0.29, 0.717) is 6.54 Å². The molecule has 0 fully saturated rings. The number of hydrogen-bond donors (Lipinski definition) is 1. The molecular formula is C14H17N3. The van der Waals surface area contributed by atoms with Gasteiger partial charge in [0.1, 0.15) is 5.82 Å². The van der Waals surface area contributed by atoms with E-state index in [0.717, 1.165) is 29.2 Å². The van der Waals surface area contributed by atoms with Gasteiger partial charge in [0.05, 0.1) is 11.4 Å². The highest BCUT2D eigenvalue weighted by molar-refractivity contribution is 5.59. The second-order valence-electron chi connectivity index (χ2n) is 4.05. The molecule has 1 heterocycles. The van der Waals surface area contributed by atoms with Crippen LogP contribution < -0.4 is 5.73 Å². The molecule has 0 aliphatic rings. The Morgan fingerprint density at radius 3 is 2.41 bits per heavy atom. The number of aromatic nitrogens is 2. The minimum atomic E-state index is 0.448. The van der Waals surface area contributed by atoms with Crippen LogP contribution in [0.2, 0.25) is 0 Å². The lowest BCUT2D eigenvalue weighted by atomic mass is 10.1. The molecule has 17 heavy (non-hydrogen) atoms. The van der Waals surface area contributed by atoms with Gasteiger partial charge >= 0.3 is 0 Å². The quantitative estimate of drug-likeness (QED) is 0.876. The average molecular weight is 227 g/mol. The predicted octanol–water partition coefficient (Wildman–Crippen LogP) is 2.47. The molecule has 0 saturated heterocycles. The SMILES string of the molecule is CCc1ccc(-c2cc(CN)nc(C)n2)cc1. The van der Waals surface area contributed by atoms with E-state index in [9.17, 15) is 0 Å². The molecule has 3 nitrogen and oxygen atoms in total. The highest BCUT2D eigenvalue weighted by Gasteiger charge is 2.03.